The maximum atomic E-state index is 13.9. The molecule has 4 N–H and O–H groups in total. The van der Waals surface area contributed by atoms with Gasteiger partial charge in [-0.3, -0.25) is 5.41 Å². The highest BCUT2D eigenvalue weighted by atomic mass is 79.9. The van der Waals surface area contributed by atoms with Crippen LogP contribution in [0.4, 0.5) is 10.1 Å². The Morgan fingerprint density at radius 3 is 2.82 bits per heavy atom. The van der Waals surface area contributed by atoms with Crippen molar-refractivity contribution in [2.45, 2.75) is 13.0 Å². The molecule has 1 rings (SSSR count). The van der Waals surface area contributed by atoms with Gasteiger partial charge in [-0.15, -0.1) is 0 Å². The van der Waals surface area contributed by atoms with E-state index in [0.717, 1.165) is 0 Å². The molecule has 4 nitrogen and oxygen atoms in total. The summed E-state index contributed by atoms with van der Waals surface area (Å²) in [5.74, 6) is -0.631. The zero-order chi connectivity index (χ0) is 13.0. The van der Waals surface area contributed by atoms with E-state index in [1.54, 1.807) is 19.2 Å². The third kappa shape index (κ3) is 3.41. The summed E-state index contributed by atoms with van der Waals surface area (Å²) in [7, 11) is 1.59. The number of ether oxygens (including phenoxy) is 1. The first-order chi connectivity index (χ1) is 7.97. The number of hydrogen-bond acceptors (Lipinski definition) is 3. The van der Waals surface area contributed by atoms with Gasteiger partial charge in [0.25, 0.3) is 0 Å². The predicted molar refractivity (Wildman–Crippen MR) is 70.1 cm³/mol. The van der Waals surface area contributed by atoms with Gasteiger partial charge in [0.05, 0.1) is 16.3 Å². The van der Waals surface area contributed by atoms with Crippen LogP contribution in [-0.2, 0) is 4.74 Å². The number of halogens is 2. The molecule has 0 radical (unpaired) electrons. The number of methoxy groups -OCH3 is 1. The summed E-state index contributed by atoms with van der Waals surface area (Å²) >= 11 is 3.09. The van der Waals surface area contributed by atoms with Gasteiger partial charge in [-0.2, -0.15) is 0 Å². The first-order valence-corrected chi connectivity index (χ1v) is 5.85. The molecule has 0 fully saturated rings. The Bertz CT molecular complexity index is 425. The fourth-order valence-corrected chi connectivity index (χ4v) is 1.79. The van der Waals surface area contributed by atoms with Gasteiger partial charge in [-0.1, -0.05) is 0 Å². The van der Waals surface area contributed by atoms with Crippen LogP contribution in [0.25, 0.3) is 0 Å². The summed E-state index contributed by atoms with van der Waals surface area (Å²) in [4.78, 5) is 0. The van der Waals surface area contributed by atoms with Crippen molar-refractivity contribution in [2.24, 2.45) is 5.73 Å². The van der Waals surface area contributed by atoms with Crippen molar-refractivity contribution in [3.63, 3.8) is 0 Å². The lowest BCUT2D eigenvalue weighted by Crippen LogP contribution is -2.19. The van der Waals surface area contributed by atoms with Gasteiger partial charge in [0.1, 0.15) is 5.84 Å². The van der Waals surface area contributed by atoms with Gasteiger partial charge in [0.2, 0.25) is 0 Å². The summed E-state index contributed by atoms with van der Waals surface area (Å²) in [6.07, 6.45) is -0.0133. The second kappa shape index (κ2) is 5.97. The molecular weight excluding hydrogens is 289 g/mol. The van der Waals surface area contributed by atoms with Crippen LogP contribution in [0.2, 0.25) is 0 Å². The van der Waals surface area contributed by atoms with Gasteiger partial charge < -0.3 is 15.8 Å². The Morgan fingerprint density at radius 2 is 2.29 bits per heavy atom. The molecule has 0 bridgehead atoms. The van der Waals surface area contributed by atoms with Gasteiger partial charge in [0, 0.05) is 19.2 Å². The third-order valence-corrected chi connectivity index (χ3v) is 3.13. The van der Waals surface area contributed by atoms with Crippen LogP contribution in [0.15, 0.2) is 16.6 Å². The highest BCUT2D eigenvalue weighted by Gasteiger charge is 2.13. The van der Waals surface area contributed by atoms with E-state index in [-0.39, 0.29) is 16.4 Å². The highest BCUT2D eigenvalue weighted by molar-refractivity contribution is 9.10. The van der Waals surface area contributed by atoms with E-state index in [4.69, 9.17) is 15.9 Å². The number of nitrogens with two attached hydrogens (primary N) is 1. The van der Waals surface area contributed by atoms with Crippen LogP contribution in [-0.4, -0.2) is 25.6 Å². The molecule has 0 aliphatic rings. The molecule has 1 aromatic rings. The van der Waals surface area contributed by atoms with Crippen LogP contribution in [0.1, 0.15) is 12.5 Å². The van der Waals surface area contributed by atoms with Gasteiger partial charge in [-0.05, 0) is 35.0 Å². The quantitative estimate of drug-likeness (QED) is 0.577. The predicted octanol–water partition coefficient (Wildman–Crippen LogP) is 2.32. The van der Waals surface area contributed by atoms with Crippen LogP contribution in [0, 0.1) is 11.2 Å². The summed E-state index contributed by atoms with van der Waals surface area (Å²) in [6, 6.07) is 3.15. The van der Waals surface area contributed by atoms with Crippen LogP contribution >= 0.6 is 15.9 Å². The molecule has 0 aliphatic heterocycles. The molecule has 17 heavy (non-hydrogen) atoms. The fraction of sp³-hybridized carbons (Fsp3) is 0.364. The van der Waals surface area contributed by atoms with Crippen molar-refractivity contribution in [1.82, 2.24) is 0 Å². The lowest BCUT2D eigenvalue weighted by atomic mass is 10.2. The second-order valence-electron chi connectivity index (χ2n) is 3.63. The van der Waals surface area contributed by atoms with Crippen molar-refractivity contribution >= 4 is 27.5 Å². The van der Waals surface area contributed by atoms with Crippen LogP contribution in [0.3, 0.4) is 0 Å². The Hall–Kier alpha value is -1.14. The van der Waals surface area contributed by atoms with E-state index >= 15 is 0 Å². The second-order valence-corrected chi connectivity index (χ2v) is 4.42. The molecule has 6 heteroatoms. The SMILES string of the molecule is COC(C)CNc1ccc(C(=N)N)c(Br)c1F. The van der Waals surface area contributed by atoms with E-state index in [0.29, 0.717) is 17.8 Å². The van der Waals surface area contributed by atoms with Crippen molar-refractivity contribution in [3.05, 3.63) is 28.0 Å². The summed E-state index contributed by atoms with van der Waals surface area (Å²) in [6.45, 7) is 2.38. The zero-order valence-electron chi connectivity index (χ0n) is 9.68. The zero-order valence-corrected chi connectivity index (χ0v) is 11.3. The number of rotatable bonds is 5. The van der Waals surface area contributed by atoms with E-state index in [2.05, 4.69) is 21.2 Å². The Labute approximate surface area is 108 Å². The van der Waals surface area contributed by atoms with E-state index in [9.17, 15) is 4.39 Å². The lowest BCUT2D eigenvalue weighted by molar-refractivity contribution is 0.128. The average Bonchev–Trinajstić information content (AvgIpc) is 2.30. The monoisotopic (exact) mass is 303 g/mol. The molecule has 0 saturated carbocycles. The summed E-state index contributed by atoms with van der Waals surface area (Å²) in [5, 5.41) is 10.2. The minimum absolute atomic E-state index is 0.0133. The van der Waals surface area contributed by atoms with Crippen LogP contribution < -0.4 is 11.1 Å². The van der Waals surface area contributed by atoms with Gasteiger partial charge in [-0.25, -0.2) is 4.39 Å². The molecular formula is C11H15BrFN3O. The third-order valence-electron chi connectivity index (χ3n) is 2.35. The van der Waals surface area contributed by atoms with E-state index < -0.39 is 5.82 Å². The Kier molecular flexibility index (Phi) is 4.89. The molecule has 0 saturated heterocycles. The summed E-state index contributed by atoms with van der Waals surface area (Å²) < 4.78 is 19.1. The smallest absolute Gasteiger partial charge is 0.161 e. The number of nitrogen functional groups attached to an aromatic ring is 1. The van der Waals surface area contributed by atoms with Crippen molar-refractivity contribution in [2.75, 3.05) is 19.0 Å². The lowest BCUT2D eigenvalue weighted by Gasteiger charge is -2.14. The first-order valence-electron chi connectivity index (χ1n) is 5.06. The molecule has 1 unspecified atom stereocenters. The number of benzene rings is 1. The largest absolute Gasteiger partial charge is 0.384 e. The van der Waals surface area contributed by atoms with Gasteiger partial charge >= 0.3 is 0 Å². The van der Waals surface area contributed by atoms with Gasteiger partial charge in [0.15, 0.2) is 5.82 Å². The minimum Gasteiger partial charge on any atom is -0.384 e. The highest BCUT2D eigenvalue weighted by Crippen LogP contribution is 2.26. The standard InChI is InChI=1S/C11H15BrFN3O/c1-6(17-2)5-16-8-4-3-7(11(14)15)9(12)10(8)13/h3-4,6,16H,5H2,1-2H3,(H3,14,15). The minimum atomic E-state index is -0.457. The molecule has 1 aromatic carbocycles. The van der Waals surface area contributed by atoms with E-state index in [1.807, 2.05) is 6.92 Å². The molecule has 0 heterocycles. The van der Waals surface area contributed by atoms with Crippen LogP contribution in [0.5, 0.6) is 0 Å². The number of hydrogen-bond donors (Lipinski definition) is 3. The molecule has 94 valence electrons. The van der Waals surface area contributed by atoms with Crippen molar-refractivity contribution in [3.8, 4) is 0 Å². The number of amidine groups is 1. The fourth-order valence-electron chi connectivity index (χ4n) is 1.23. The molecule has 1 atom stereocenters. The maximum absolute atomic E-state index is 13.9. The Morgan fingerprint density at radius 1 is 1.65 bits per heavy atom. The molecule has 0 aliphatic carbocycles. The number of nitrogens with one attached hydrogen (secondary N) is 2. The first kappa shape index (κ1) is 13.9. The molecule has 0 amide bonds. The molecule has 0 spiro atoms. The normalized spacial score (nSPS) is 12.2. The summed E-state index contributed by atoms with van der Waals surface area (Å²) in [5.41, 5.74) is 6.02. The maximum Gasteiger partial charge on any atom is 0.161 e. The van der Waals surface area contributed by atoms with E-state index in [1.165, 1.54) is 0 Å². The Balaban J connectivity index is 2.89. The number of anilines is 1. The molecule has 0 aromatic heterocycles. The average molecular weight is 304 g/mol. The van der Waals surface area contributed by atoms with Crippen molar-refractivity contribution < 1.29 is 9.13 Å². The topological polar surface area (TPSA) is 71.1 Å². The van der Waals surface area contributed by atoms with Crippen molar-refractivity contribution in [1.29, 1.82) is 5.41 Å².